The minimum absolute atomic E-state index is 0.0239. The molecular formula is C25H31BrN2O8S2. The van der Waals surface area contributed by atoms with E-state index in [1.54, 1.807) is 30.3 Å². The lowest BCUT2D eigenvalue weighted by Crippen LogP contribution is -2.43. The molecule has 1 aromatic carbocycles. The summed E-state index contributed by atoms with van der Waals surface area (Å²) in [5, 5.41) is 0. The smallest absolute Gasteiger partial charge is 0.257 e. The minimum atomic E-state index is -3.88. The summed E-state index contributed by atoms with van der Waals surface area (Å²) in [6.07, 6.45) is 1.62. The SMILES string of the molecule is COc1ccc(OC)c(C(=O)N2CCC(CC(=O)NOC3CCCCO3)(c3ccc(Br)s3)S(=O)(=O)CC2)c1. The van der Waals surface area contributed by atoms with Gasteiger partial charge in [0.25, 0.3) is 5.91 Å². The highest BCUT2D eigenvalue weighted by Gasteiger charge is 2.50. The van der Waals surface area contributed by atoms with Gasteiger partial charge in [-0.05, 0) is 65.5 Å². The minimum Gasteiger partial charge on any atom is -0.497 e. The van der Waals surface area contributed by atoms with Crippen LogP contribution >= 0.6 is 27.3 Å². The molecule has 0 spiro atoms. The summed E-state index contributed by atoms with van der Waals surface area (Å²) in [6, 6.07) is 8.36. The summed E-state index contributed by atoms with van der Waals surface area (Å²) in [7, 11) is -0.925. The lowest BCUT2D eigenvalue weighted by atomic mass is 9.97. The van der Waals surface area contributed by atoms with Gasteiger partial charge in [0, 0.05) is 31.0 Å². The van der Waals surface area contributed by atoms with Crippen molar-refractivity contribution >= 4 is 48.9 Å². The van der Waals surface area contributed by atoms with Crippen molar-refractivity contribution in [1.29, 1.82) is 0 Å². The molecule has 0 saturated carbocycles. The van der Waals surface area contributed by atoms with Crippen molar-refractivity contribution in [3.05, 3.63) is 44.6 Å². The third-order valence-electron chi connectivity index (χ3n) is 6.85. The van der Waals surface area contributed by atoms with Crippen molar-refractivity contribution in [3.8, 4) is 11.5 Å². The molecule has 2 amide bonds. The molecule has 1 N–H and O–H groups in total. The van der Waals surface area contributed by atoms with E-state index in [4.69, 9.17) is 19.0 Å². The second-order valence-corrected chi connectivity index (χ2v) is 14.0. The molecule has 38 heavy (non-hydrogen) atoms. The van der Waals surface area contributed by atoms with Crippen LogP contribution in [0.25, 0.3) is 0 Å². The molecule has 2 fully saturated rings. The van der Waals surface area contributed by atoms with Crippen LogP contribution in [0.3, 0.4) is 0 Å². The van der Waals surface area contributed by atoms with Crippen molar-refractivity contribution < 1.29 is 37.1 Å². The van der Waals surface area contributed by atoms with Crippen LogP contribution in [0.4, 0.5) is 0 Å². The Morgan fingerprint density at radius 3 is 2.66 bits per heavy atom. The Bertz CT molecular complexity index is 1260. The maximum atomic E-state index is 13.9. The second-order valence-electron chi connectivity index (χ2n) is 9.14. The lowest BCUT2D eigenvalue weighted by molar-refractivity contribution is -0.200. The zero-order valence-electron chi connectivity index (χ0n) is 21.2. The first kappa shape index (κ1) is 28.8. The Kier molecular flexibility index (Phi) is 9.35. The largest absolute Gasteiger partial charge is 0.497 e. The van der Waals surface area contributed by atoms with Gasteiger partial charge in [-0.1, -0.05) is 0 Å². The summed E-state index contributed by atoms with van der Waals surface area (Å²) in [5.74, 6) is -0.408. The quantitative estimate of drug-likeness (QED) is 0.439. The van der Waals surface area contributed by atoms with Crippen LogP contribution in [-0.2, 0) is 29.0 Å². The van der Waals surface area contributed by atoms with E-state index >= 15 is 0 Å². The monoisotopic (exact) mass is 630 g/mol. The van der Waals surface area contributed by atoms with Crippen LogP contribution in [-0.4, -0.2) is 71.1 Å². The van der Waals surface area contributed by atoms with E-state index in [9.17, 15) is 18.0 Å². The number of hydrogen-bond acceptors (Lipinski definition) is 9. The molecule has 2 atom stereocenters. The summed E-state index contributed by atoms with van der Waals surface area (Å²) in [6.45, 7) is 0.641. The third kappa shape index (κ3) is 6.17. The number of methoxy groups -OCH3 is 2. The van der Waals surface area contributed by atoms with Crippen molar-refractivity contribution in [3.63, 3.8) is 0 Å². The Hall–Kier alpha value is -2.19. The predicted octanol–water partition coefficient (Wildman–Crippen LogP) is 3.65. The zero-order chi connectivity index (χ0) is 27.3. The summed E-state index contributed by atoms with van der Waals surface area (Å²) in [5.41, 5.74) is 2.67. The molecule has 2 aliphatic rings. The van der Waals surface area contributed by atoms with E-state index in [1.807, 2.05) is 0 Å². The first-order valence-electron chi connectivity index (χ1n) is 12.2. The molecule has 0 aliphatic carbocycles. The number of amides is 2. The molecule has 10 nitrogen and oxygen atoms in total. The van der Waals surface area contributed by atoms with Gasteiger partial charge in [0.2, 0.25) is 5.91 Å². The molecule has 208 valence electrons. The van der Waals surface area contributed by atoms with E-state index in [-0.39, 0.29) is 43.2 Å². The van der Waals surface area contributed by atoms with E-state index in [0.717, 1.165) is 16.6 Å². The highest BCUT2D eigenvalue weighted by atomic mass is 79.9. The van der Waals surface area contributed by atoms with Crippen molar-refractivity contribution in [1.82, 2.24) is 10.4 Å². The van der Waals surface area contributed by atoms with Gasteiger partial charge in [-0.15, -0.1) is 11.3 Å². The lowest BCUT2D eigenvalue weighted by Gasteiger charge is -2.31. The number of thiophene rings is 1. The Balaban J connectivity index is 1.60. The normalized spacial score (nSPS) is 23.3. The van der Waals surface area contributed by atoms with E-state index < -0.39 is 26.8 Å². The van der Waals surface area contributed by atoms with E-state index in [0.29, 0.717) is 29.4 Å². The average Bonchev–Trinajstić information content (AvgIpc) is 3.31. The van der Waals surface area contributed by atoms with E-state index in [2.05, 4.69) is 21.4 Å². The van der Waals surface area contributed by atoms with Crippen molar-refractivity contribution in [2.24, 2.45) is 0 Å². The number of rotatable bonds is 8. The number of sulfone groups is 1. The van der Waals surface area contributed by atoms with Gasteiger partial charge in [0.1, 0.15) is 16.2 Å². The van der Waals surface area contributed by atoms with Crippen LogP contribution in [0, 0.1) is 0 Å². The van der Waals surface area contributed by atoms with Crippen LogP contribution in [0.1, 0.15) is 47.3 Å². The fourth-order valence-electron chi connectivity index (χ4n) is 4.72. The summed E-state index contributed by atoms with van der Waals surface area (Å²) < 4.78 is 43.1. The topological polar surface area (TPSA) is 120 Å². The standard InChI is InChI=1S/C25H31BrN2O8S2/c1-33-17-6-7-19(34-2)18(15-17)24(30)28-11-10-25(38(31,32)14-12-28,20-8-9-21(26)37-20)16-22(29)27-36-23-5-3-4-13-35-23/h6-9,15,23H,3-5,10-14,16H2,1-2H3,(H,27,29). The van der Waals surface area contributed by atoms with Gasteiger partial charge >= 0.3 is 0 Å². The highest BCUT2D eigenvalue weighted by Crippen LogP contribution is 2.44. The molecule has 3 heterocycles. The van der Waals surface area contributed by atoms with Crippen LogP contribution in [0.2, 0.25) is 0 Å². The van der Waals surface area contributed by atoms with Gasteiger partial charge < -0.3 is 19.1 Å². The molecule has 2 aromatic rings. The molecule has 0 radical (unpaired) electrons. The zero-order valence-corrected chi connectivity index (χ0v) is 24.5. The first-order valence-corrected chi connectivity index (χ1v) is 15.5. The molecular weight excluding hydrogens is 600 g/mol. The number of benzene rings is 1. The fraction of sp³-hybridized carbons (Fsp3) is 0.520. The Labute approximate surface area is 234 Å². The maximum Gasteiger partial charge on any atom is 0.257 e. The van der Waals surface area contributed by atoms with Gasteiger partial charge in [-0.2, -0.15) is 0 Å². The predicted molar refractivity (Wildman–Crippen MR) is 145 cm³/mol. The first-order chi connectivity index (χ1) is 18.2. The van der Waals surface area contributed by atoms with Gasteiger partial charge in [0.15, 0.2) is 16.1 Å². The van der Waals surface area contributed by atoms with Crippen LogP contribution in [0.5, 0.6) is 11.5 Å². The summed E-state index contributed by atoms with van der Waals surface area (Å²) in [4.78, 5) is 34.0. The Morgan fingerprint density at radius 2 is 2.00 bits per heavy atom. The number of carbonyl (C=O) groups excluding carboxylic acids is 2. The van der Waals surface area contributed by atoms with Crippen LogP contribution < -0.4 is 15.0 Å². The molecule has 2 unspecified atom stereocenters. The Morgan fingerprint density at radius 1 is 1.18 bits per heavy atom. The molecule has 13 heteroatoms. The number of hydrogen-bond donors (Lipinski definition) is 1. The maximum absolute atomic E-state index is 13.9. The molecule has 1 aromatic heterocycles. The van der Waals surface area contributed by atoms with Gasteiger partial charge in [-0.25, -0.2) is 18.7 Å². The number of nitrogens with zero attached hydrogens (tertiary/aromatic N) is 1. The number of nitrogens with one attached hydrogen (secondary N) is 1. The number of halogens is 1. The van der Waals surface area contributed by atoms with Crippen LogP contribution in [0.15, 0.2) is 34.1 Å². The van der Waals surface area contributed by atoms with Crippen molar-refractivity contribution in [2.75, 3.05) is 39.7 Å². The molecule has 2 saturated heterocycles. The molecule has 0 bridgehead atoms. The summed E-state index contributed by atoms with van der Waals surface area (Å²) >= 11 is 4.68. The van der Waals surface area contributed by atoms with Gasteiger partial charge in [-0.3, -0.25) is 9.59 Å². The fourth-order valence-corrected chi connectivity index (χ4v) is 8.70. The average molecular weight is 632 g/mol. The number of ether oxygens (including phenoxy) is 3. The second kappa shape index (κ2) is 12.3. The number of hydroxylamine groups is 1. The van der Waals surface area contributed by atoms with Gasteiger partial charge in [0.05, 0.1) is 35.7 Å². The third-order valence-corrected chi connectivity index (χ3v) is 11.3. The van der Waals surface area contributed by atoms with Crippen molar-refractivity contribution in [2.45, 2.75) is 43.1 Å². The van der Waals surface area contributed by atoms with E-state index in [1.165, 1.54) is 30.5 Å². The molecule has 2 aliphatic heterocycles. The molecule has 4 rings (SSSR count). The number of carbonyl (C=O) groups is 2. The highest BCUT2D eigenvalue weighted by molar-refractivity contribution is 9.11.